The Balaban J connectivity index is 1.98. The zero-order valence-corrected chi connectivity index (χ0v) is 12.1. The number of ether oxygens (including phenoxy) is 1. The molecule has 0 saturated heterocycles. The first-order valence-corrected chi connectivity index (χ1v) is 6.96. The molecule has 0 bridgehead atoms. The highest BCUT2D eigenvalue weighted by Gasteiger charge is 2.31. The molecule has 0 aliphatic heterocycles. The molecule has 5 heteroatoms. The fourth-order valence-electron chi connectivity index (χ4n) is 2.76. The van der Waals surface area contributed by atoms with Crippen LogP contribution in [0.1, 0.15) is 49.8 Å². The Labute approximate surface area is 113 Å². The van der Waals surface area contributed by atoms with Crippen molar-refractivity contribution in [1.82, 2.24) is 15.3 Å². The van der Waals surface area contributed by atoms with Gasteiger partial charge in [-0.2, -0.15) is 0 Å². The first-order chi connectivity index (χ1) is 9.01. The van der Waals surface area contributed by atoms with Crippen LogP contribution in [0.5, 0.6) is 0 Å². The lowest BCUT2D eigenvalue weighted by Gasteiger charge is -2.37. The highest BCUT2D eigenvalue weighted by molar-refractivity contribution is 5.20. The van der Waals surface area contributed by atoms with E-state index in [1.54, 1.807) is 6.92 Å². The molecule has 1 fully saturated rings. The summed E-state index contributed by atoms with van der Waals surface area (Å²) in [5.41, 5.74) is 1.51. The van der Waals surface area contributed by atoms with E-state index in [0.29, 0.717) is 18.0 Å². The summed E-state index contributed by atoms with van der Waals surface area (Å²) >= 11 is 0. The van der Waals surface area contributed by atoms with Crippen molar-refractivity contribution in [3.8, 4) is 0 Å². The van der Waals surface area contributed by atoms with Gasteiger partial charge >= 0.3 is 0 Å². The molecule has 5 nitrogen and oxygen atoms in total. The Kier molecular flexibility index (Phi) is 4.37. The minimum atomic E-state index is -0.0364. The molecule has 106 valence electrons. The summed E-state index contributed by atoms with van der Waals surface area (Å²) in [4.78, 5) is 19.1. The maximum atomic E-state index is 12.0. The lowest BCUT2D eigenvalue weighted by molar-refractivity contribution is -0.0120. The first-order valence-electron chi connectivity index (χ1n) is 6.96. The second-order valence-electron chi connectivity index (χ2n) is 5.28. The average Bonchev–Trinajstić information content (AvgIpc) is 2.24. The number of nitrogens with zero attached hydrogens (tertiary/aromatic N) is 1. The summed E-state index contributed by atoms with van der Waals surface area (Å²) < 4.78 is 5.54. The Bertz CT molecular complexity index is 492. The van der Waals surface area contributed by atoms with E-state index in [-0.39, 0.29) is 11.6 Å². The summed E-state index contributed by atoms with van der Waals surface area (Å²) in [6.07, 6.45) is 2.42. The molecule has 2 N–H and O–H groups in total. The van der Waals surface area contributed by atoms with E-state index in [4.69, 9.17) is 4.74 Å². The predicted octanol–water partition coefficient (Wildman–Crippen LogP) is 1.60. The van der Waals surface area contributed by atoms with Crippen molar-refractivity contribution in [3.63, 3.8) is 0 Å². The molecule has 0 amide bonds. The van der Waals surface area contributed by atoms with Gasteiger partial charge in [0.2, 0.25) is 0 Å². The van der Waals surface area contributed by atoms with Gasteiger partial charge in [-0.3, -0.25) is 4.79 Å². The van der Waals surface area contributed by atoms with E-state index < -0.39 is 0 Å². The normalized spacial score (nSPS) is 24.0. The van der Waals surface area contributed by atoms with Crippen LogP contribution >= 0.6 is 0 Å². The average molecular weight is 265 g/mol. The second-order valence-corrected chi connectivity index (χ2v) is 5.28. The molecule has 1 aromatic rings. The van der Waals surface area contributed by atoms with Crippen LogP contribution in [-0.4, -0.2) is 28.7 Å². The highest BCUT2D eigenvalue weighted by atomic mass is 16.5. The first kappa shape index (κ1) is 14.2. The van der Waals surface area contributed by atoms with Crippen molar-refractivity contribution in [2.45, 2.75) is 58.7 Å². The van der Waals surface area contributed by atoms with Gasteiger partial charge in [0.1, 0.15) is 5.82 Å². The standard InChI is InChI=1S/C14H23N3O2/c1-5-19-12-6-11(7-12)16-9(3)13-8(2)15-10(4)17-14(13)18/h9,11-12,16H,5-7H2,1-4H3,(H,15,17,18). The summed E-state index contributed by atoms with van der Waals surface area (Å²) in [6, 6.07) is 0.455. The molecule has 0 radical (unpaired) electrons. The smallest absolute Gasteiger partial charge is 0.255 e. The molecule has 1 aromatic heterocycles. The highest BCUT2D eigenvalue weighted by Crippen LogP contribution is 2.25. The van der Waals surface area contributed by atoms with E-state index in [1.165, 1.54) is 0 Å². The summed E-state index contributed by atoms with van der Waals surface area (Å²) in [7, 11) is 0. The monoisotopic (exact) mass is 265 g/mol. The third kappa shape index (κ3) is 3.22. The van der Waals surface area contributed by atoms with E-state index >= 15 is 0 Å². The number of aromatic nitrogens is 2. The number of hydrogen-bond donors (Lipinski definition) is 2. The molecule has 1 unspecified atom stereocenters. The number of hydrogen-bond acceptors (Lipinski definition) is 4. The number of aromatic amines is 1. The van der Waals surface area contributed by atoms with Crippen LogP contribution in [-0.2, 0) is 4.74 Å². The van der Waals surface area contributed by atoms with Gasteiger partial charge in [-0.15, -0.1) is 0 Å². The fraction of sp³-hybridized carbons (Fsp3) is 0.714. The van der Waals surface area contributed by atoms with Gasteiger partial charge < -0.3 is 15.0 Å². The van der Waals surface area contributed by atoms with Crippen LogP contribution in [0.15, 0.2) is 4.79 Å². The summed E-state index contributed by atoms with van der Waals surface area (Å²) in [5, 5.41) is 3.48. The van der Waals surface area contributed by atoms with Crippen molar-refractivity contribution in [1.29, 1.82) is 0 Å². The SMILES string of the molecule is CCOC1CC(NC(C)c2c(C)nc(C)[nH]c2=O)C1. The van der Waals surface area contributed by atoms with Gasteiger partial charge in [-0.05, 0) is 40.5 Å². The number of aryl methyl sites for hydroxylation is 2. The number of nitrogens with one attached hydrogen (secondary N) is 2. The van der Waals surface area contributed by atoms with Gasteiger partial charge in [0.15, 0.2) is 0 Å². The maximum Gasteiger partial charge on any atom is 0.255 e. The quantitative estimate of drug-likeness (QED) is 0.848. The molecule has 1 heterocycles. The molecule has 2 rings (SSSR count). The number of H-pyrrole nitrogens is 1. The van der Waals surface area contributed by atoms with Crippen LogP contribution in [0.2, 0.25) is 0 Å². The van der Waals surface area contributed by atoms with Gasteiger partial charge in [0, 0.05) is 24.4 Å². The van der Waals surface area contributed by atoms with Crippen LogP contribution < -0.4 is 10.9 Å². The molecule has 1 atom stereocenters. The van der Waals surface area contributed by atoms with Gasteiger partial charge in [-0.25, -0.2) is 4.98 Å². The van der Waals surface area contributed by atoms with Gasteiger partial charge in [0.05, 0.1) is 11.7 Å². The molecule has 0 aromatic carbocycles. The van der Waals surface area contributed by atoms with E-state index in [1.807, 2.05) is 20.8 Å². The lowest BCUT2D eigenvalue weighted by Crippen LogP contribution is -2.47. The lowest BCUT2D eigenvalue weighted by atomic mass is 9.88. The summed E-state index contributed by atoms with van der Waals surface area (Å²) in [5.74, 6) is 0.665. The Hall–Kier alpha value is -1.20. The molecule has 19 heavy (non-hydrogen) atoms. The molecule has 1 saturated carbocycles. The number of rotatable bonds is 5. The van der Waals surface area contributed by atoms with E-state index in [9.17, 15) is 4.79 Å². The van der Waals surface area contributed by atoms with E-state index in [2.05, 4.69) is 15.3 Å². The zero-order valence-electron chi connectivity index (χ0n) is 12.1. The summed E-state index contributed by atoms with van der Waals surface area (Å²) in [6.45, 7) is 8.49. The van der Waals surface area contributed by atoms with Gasteiger partial charge in [-0.1, -0.05) is 0 Å². The maximum absolute atomic E-state index is 12.0. The van der Waals surface area contributed by atoms with Crippen molar-refractivity contribution >= 4 is 0 Å². The molecule has 1 aliphatic rings. The molecule has 1 aliphatic carbocycles. The minimum Gasteiger partial charge on any atom is -0.378 e. The van der Waals surface area contributed by atoms with Crippen molar-refractivity contribution < 1.29 is 4.74 Å². The Morgan fingerprint density at radius 2 is 2.16 bits per heavy atom. The van der Waals surface area contributed by atoms with Gasteiger partial charge in [0.25, 0.3) is 5.56 Å². The second kappa shape index (κ2) is 5.84. The van der Waals surface area contributed by atoms with Crippen molar-refractivity contribution in [2.75, 3.05) is 6.61 Å². The predicted molar refractivity (Wildman–Crippen MR) is 74.3 cm³/mol. The largest absolute Gasteiger partial charge is 0.378 e. The van der Waals surface area contributed by atoms with Crippen LogP contribution in [0.3, 0.4) is 0 Å². The minimum absolute atomic E-state index is 0.0180. The van der Waals surface area contributed by atoms with Crippen LogP contribution in [0.25, 0.3) is 0 Å². The fourth-order valence-corrected chi connectivity index (χ4v) is 2.76. The molecular formula is C14H23N3O2. The zero-order chi connectivity index (χ0) is 14.0. The Morgan fingerprint density at radius 1 is 1.47 bits per heavy atom. The topological polar surface area (TPSA) is 67.0 Å². The van der Waals surface area contributed by atoms with Crippen LogP contribution in [0.4, 0.5) is 0 Å². The van der Waals surface area contributed by atoms with Crippen LogP contribution in [0, 0.1) is 13.8 Å². The van der Waals surface area contributed by atoms with Crippen molar-refractivity contribution in [2.24, 2.45) is 0 Å². The third-order valence-electron chi connectivity index (χ3n) is 3.68. The molecule has 0 spiro atoms. The van der Waals surface area contributed by atoms with E-state index in [0.717, 1.165) is 30.7 Å². The third-order valence-corrected chi connectivity index (χ3v) is 3.68. The Morgan fingerprint density at radius 3 is 2.74 bits per heavy atom. The van der Waals surface area contributed by atoms with Crippen molar-refractivity contribution in [3.05, 3.63) is 27.4 Å². The molecular weight excluding hydrogens is 242 g/mol.